The molecule has 1 unspecified atom stereocenters. The molecule has 0 aliphatic carbocycles. The van der Waals surface area contributed by atoms with Gasteiger partial charge in [-0.1, -0.05) is 0 Å². The van der Waals surface area contributed by atoms with Crippen LogP contribution in [0.15, 0.2) is 23.0 Å². The summed E-state index contributed by atoms with van der Waals surface area (Å²) in [6, 6.07) is 3.55. The van der Waals surface area contributed by atoms with Gasteiger partial charge in [0, 0.05) is 5.69 Å². The van der Waals surface area contributed by atoms with Crippen molar-refractivity contribution in [2.45, 2.75) is 12.5 Å². The average molecular weight is 264 g/mol. The van der Waals surface area contributed by atoms with Crippen molar-refractivity contribution < 1.29 is 14.7 Å². The zero-order valence-electron chi connectivity index (χ0n) is 9.77. The molecule has 0 aliphatic rings. The van der Waals surface area contributed by atoms with E-state index in [0.717, 1.165) is 0 Å². The fourth-order valence-electron chi connectivity index (χ4n) is 1.61. The minimum absolute atomic E-state index is 0.322. The fourth-order valence-corrected chi connectivity index (χ4v) is 1.61. The van der Waals surface area contributed by atoms with Crippen LogP contribution in [-0.2, 0) is 9.59 Å². The Balaban J connectivity index is 2.10. The summed E-state index contributed by atoms with van der Waals surface area (Å²) in [5.41, 5.74) is 6.52. The Hall–Kier alpha value is -2.61. The highest BCUT2D eigenvalue weighted by Gasteiger charge is 2.16. The van der Waals surface area contributed by atoms with Crippen molar-refractivity contribution in [3.05, 3.63) is 28.7 Å². The Kier molecular flexibility index (Phi) is 3.34. The molecule has 0 saturated heterocycles. The predicted octanol–water partition coefficient (Wildman–Crippen LogP) is -0.403. The number of aromatic nitrogens is 2. The number of hydrogen-bond donors (Lipinski definition) is 5. The zero-order valence-corrected chi connectivity index (χ0v) is 9.77. The van der Waals surface area contributed by atoms with E-state index in [0.29, 0.717) is 16.7 Å². The monoisotopic (exact) mass is 264 g/mol. The van der Waals surface area contributed by atoms with Gasteiger partial charge in [-0.15, -0.1) is 0 Å². The van der Waals surface area contributed by atoms with E-state index >= 15 is 0 Å². The van der Waals surface area contributed by atoms with Gasteiger partial charge in [-0.25, -0.2) is 4.79 Å². The molecule has 0 spiro atoms. The van der Waals surface area contributed by atoms with Crippen LogP contribution in [-0.4, -0.2) is 33.0 Å². The Labute approximate surface area is 106 Å². The number of aromatic amines is 2. The number of nitrogens with one attached hydrogen (secondary N) is 3. The molecule has 8 nitrogen and oxygen atoms in total. The molecule has 8 heteroatoms. The molecule has 1 aromatic heterocycles. The van der Waals surface area contributed by atoms with Crippen LogP contribution in [0.3, 0.4) is 0 Å². The van der Waals surface area contributed by atoms with Crippen molar-refractivity contribution in [3.8, 4) is 0 Å². The molecular formula is C11H12N4O4. The van der Waals surface area contributed by atoms with Crippen LogP contribution in [0.1, 0.15) is 6.42 Å². The lowest BCUT2D eigenvalue weighted by Gasteiger charge is -2.07. The highest BCUT2D eigenvalue weighted by molar-refractivity contribution is 5.95. The number of amides is 1. The second-order valence-electron chi connectivity index (χ2n) is 4.04. The van der Waals surface area contributed by atoms with Gasteiger partial charge in [-0.3, -0.25) is 9.59 Å². The molecule has 19 heavy (non-hydrogen) atoms. The van der Waals surface area contributed by atoms with Crippen molar-refractivity contribution in [3.63, 3.8) is 0 Å². The summed E-state index contributed by atoms with van der Waals surface area (Å²) in [5.74, 6) is -1.74. The molecule has 0 aliphatic heterocycles. The van der Waals surface area contributed by atoms with Gasteiger partial charge >= 0.3 is 11.7 Å². The smallest absolute Gasteiger partial charge is 0.323 e. The number of aliphatic carboxylic acids is 1. The van der Waals surface area contributed by atoms with Crippen molar-refractivity contribution >= 4 is 28.6 Å². The first-order valence-corrected chi connectivity index (χ1v) is 5.46. The van der Waals surface area contributed by atoms with Crippen molar-refractivity contribution in [2.75, 3.05) is 5.32 Å². The standard InChI is InChI=1S/C11H12N4O4/c12-6(10(17)18)4-9(16)13-5-1-2-7-8(3-5)15-11(19)14-7/h1-3,6H,4,12H2,(H,13,16)(H,17,18)(H2,14,15,19). The van der Waals surface area contributed by atoms with Gasteiger partial charge in [-0.05, 0) is 18.2 Å². The second-order valence-corrected chi connectivity index (χ2v) is 4.04. The summed E-state index contributed by atoms with van der Waals surface area (Å²) in [5, 5.41) is 11.1. The van der Waals surface area contributed by atoms with Crippen LogP contribution in [0.2, 0.25) is 0 Å². The molecule has 1 amide bonds. The van der Waals surface area contributed by atoms with Crippen molar-refractivity contribution in [1.29, 1.82) is 0 Å². The number of rotatable bonds is 4. The highest BCUT2D eigenvalue weighted by Crippen LogP contribution is 2.14. The summed E-state index contributed by atoms with van der Waals surface area (Å²) in [6.07, 6.45) is -0.322. The first-order valence-electron chi connectivity index (χ1n) is 5.46. The molecule has 2 aromatic rings. The van der Waals surface area contributed by atoms with Gasteiger partial charge in [0.05, 0.1) is 17.5 Å². The van der Waals surface area contributed by atoms with E-state index in [1.807, 2.05) is 0 Å². The van der Waals surface area contributed by atoms with Crippen LogP contribution in [0.4, 0.5) is 5.69 Å². The molecule has 0 fully saturated rings. The molecule has 0 radical (unpaired) electrons. The number of anilines is 1. The van der Waals surface area contributed by atoms with E-state index in [1.54, 1.807) is 18.2 Å². The number of carboxylic acids is 1. The number of benzene rings is 1. The topological polar surface area (TPSA) is 141 Å². The van der Waals surface area contributed by atoms with Gasteiger partial charge in [0.25, 0.3) is 0 Å². The summed E-state index contributed by atoms with van der Waals surface area (Å²) in [7, 11) is 0. The summed E-state index contributed by atoms with van der Waals surface area (Å²) >= 11 is 0. The molecule has 0 bridgehead atoms. The molecule has 1 heterocycles. The third-order valence-corrected chi connectivity index (χ3v) is 2.52. The van der Waals surface area contributed by atoms with E-state index in [1.165, 1.54) is 0 Å². The van der Waals surface area contributed by atoms with Crippen molar-refractivity contribution in [2.24, 2.45) is 5.73 Å². The lowest BCUT2D eigenvalue weighted by atomic mass is 10.2. The Bertz CT molecular complexity index is 687. The highest BCUT2D eigenvalue weighted by atomic mass is 16.4. The first-order chi connectivity index (χ1) is 8.95. The van der Waals surface area contributed by atoms with Gasteiger partial charge in [0.15, 0.2) is 0 Å². The lowest BCUT2D eigenvalue weighted by molar-refractivity contribution is -0.140. The number of nitrogens with two attached hydrogens (primary N) is 1. The third kappa shape index (κ3) is 2.99. The number of carboxylic acid groups (broad SMARTS) is 1. The minimum Gasteiger partial charge on any atom is -0.480 e. The lowest BCUT2D eigenvalue weighted by Crippen LogP contribution is -2.34. The van der Waals surface area contributed by atoms with Gasteiger partial charge in [0.2, 0.25) is 5.91 Å². The molecule has 2 rings (SSSR count). The minimum atomic E-state index is -1.24. The van der Waals surface area contributed by atoms with Crippen LogP contribution < -0.4 is 16.7 Å². The van der Waals surface area contributed by atoms with Crippen molar-refractivity contribution in [1.82, 2.24) is 9.97 Å². The SMILES string of the molecule is NC(CC(=O)Nc1ccc2[nH]c(=O)[nH]c2c1)C(=O)O. The molecule has 6 N–H and O–H groups in total. The van der Waals surface area contributed by atoms with E-state index in [-0.39, 0.29) is 12.1 Å². The third-order valence-electron chi connectivity index (χ3n) is 2.52. The summed E-state index contributed by atoms with van der Waals surface area (Å²) in [6.45, 7) is 0. The Morgan fingerprint density at radius 2 is 2.00 bits per heavy atom. The van der Waals surface area contributed by atoms with Gasteiger partial charge in [-0.2, -0.15) is 0 Å². The number of hydrogen-bond acceptors (Lipinski definition) is 4. The maximum absolute atomic E-state index is 11.5. The maximum Gasteiger partial charge on any atom is 0.323 e. The van der Waals surface area contributed by atoms with E-state index < -0.39 is 17.9 Å². The fraction of sp³-hybridized carbons (Fsp3) is 0.182. The number of fused-ring (bicyclic) bond motifs is 1. The second kappa shape index (κ2) is 4.94. The summed E-state index contributed by atoms with van der Waals surface area (Å²) < 4.78 is 0. The Morgan fingerprint density at radius 1 is 1.32 bits per heavy atom. The largest absolute Gasteiger partial charge is 0.480 e. The average Bonchev–Trinajstić information content (AvgIpc) is 2.68. The molecule has 0 saturated carbocycles. The number of H-pyrrole nitrogens is 2. The Morgan fingerprint density at radius 3 is 2.68 bits per heavy atom. The first kappa shape index (κ1) is 12.8. The number of carbonyl (C=O) groups excluding carboxylic acids is 1. The quantitative estimate of drug-likeness (QED) is 0.510. The zero-order chi connectivity index (χ0) is 14.0. The molecule has 1 atom stereocenters. The van der Waals surface area contributed by atoms with Crippen LogP contribution in [0.5, 0.6) is 0 Å². The predicted molar refractivity (Wildman–Crippen MR) is 67.8 cm³/mol. The normalized spacial score (nSPS) is 12.3. The van der Waals surface area contributed by atoms with Crippen LogP contribution in [0.25, 0.3) is 11.0 Å². The van der Waals surface area contributed by atoms with E-state index in [2.05, 4.69) is 15.3 Å². The van der Waals surface area contributed by atoms with Crippen LogP contribution in [0, 0.1) is 0 Å². The van der Waals surface area contributed by atoms with Gasteiger partial charge in [0.1, 0.15) is 6.04 Å². The van der Waals surface area contributed by atoms with E-state index in [9.17, 15) is 14.4 Å². The molecule has 100 valence electrons. The number of carbonyl (C=O) groups is 2. The maximum atomic E-state index is 11.5. The number of imidazole rings is 1. The molecule has 1 aromatic carbocycles. The van der Waals surface area contributed by atoms with Gasteiger partial charge < -0.3 is 26.1 Å². The van der Waals surface area contributed by atoms with E-state index in [4.69, 9.17) is 10.8 Å². The summed E-state index contributed by atoms with van der Waals surface area (Å²) in [4.78, 5) is 38.2. The molecular weight excluding hydrogens is 252 g/mol. The van der Waals surface area contributed by atoms with Crippen LogP contribution >= 0.6 is 0 Å².